The summed E-state index contributed by atoms with van der Waals surface area (Å²) in [7, 11) is 0. The van der Waals surface area contributed by atoms with Crippen LogP contribution in [0.15, 0.2) is 29.2 Å². The number of amides is 1. The summed E-state index contributed by atoms with van der Waals surface area (Å²) in [4.78, 5) is 24.6. The maximum absolute atomic E-state index is 12.4. The van der Waals surface area contributed by atoms with Gasteiger partial charge in [0.05, 0.1) is 17.4 Å². The zero-order chi connectivity index (χ0) is 15.3. The van der Waals surface area contributed by atoms with Crippen molar-refractivity contribution in [3.8, 4) is 6.07 Å². The van der Waals surface area contributed by atoms with Crippen LogP contribution in [-0.2, 0) is 4.79 Å². The Bertz CT molecular complexity index is 589. The molecule has 0 aromatic heterocycles. The second-order valence-electron chi connectivity index (χ2n) is 4.99. The minimum Gasteiger partial charge on any atom is -0.480 e. The summed E-state index contributed by atoms with van der Waals surface area (Å²) in [6.45, 7) is 0. The fourth-order valence-corrected chi connectivity index (χ4v) is 3.26. The Kier molecular flexibility index (Phi) is 4.86. The quantitative estimate of drug-likeness (QED) is 0.815. The zero-order valence-corrected chi connectivity index (χ0v) is 12.3. The molecule has 1 saturated carbocycles. The van der Waals surface area contributed by atoms with Crippen LogP contribution in [-0.4, -0.2) is 28.3 Å². The van der Waals surface area contributed by atoms with Crippen LogP contribution >= 0.6 is 11.8 Å². The van der Waals surface area contributed by atoms with Gasteiger partial charge in [0.2, 0.25) is 0 Å². The van der Waals surface area contributed by atoms with Crippen molar-refractivity contribution in [3.63, 3.8) is 0 Å². The predicted molar refractivity (Wildman–Crippen MR) is 79.1 cm³/mol. The minimum absolute atomic E-state index is 0.244. The molecule has 1 amide bonds. The standard InChI is InChI=1S/C15H16N2O3S/c16-9-10-21-12-6-2-1-5-11(12)13(18)17-15(14(19)20)7-3-4-8-15/h1-2,5-6H,3-4,7-8,10H2,(H,17,18)(H,19,20). The Morgan fingerprint density at radius 1 is 1.33 bits per heavy atom. The van der Waals surface area contributed by atoms with Gasteiger partial charge < -0.3 is 10.4 Å². The number of carbonyl (C=O) groups excluding carboxylic acids is 1. The molecule has 2 rings (SSSR count). The van der Waals surface area contributed by atoms with Crippen LogP contribution in [0.2, 0.25) is 0 Å². The van der Waals surface area contributed by atoms with Crippen molar-refractivity contribution in [2.75, 3.05) is 5.75 Å². The molecule has 0 heterocycles. The number of thioether (sulfide) groups is 1. The second kappa shape index (κ2) is 6.64. The monoisotopic (exact) mass is 304 g/mol. The summed E-state index contributed by atoms with van der Waals surface area (Å²) in [5.74, 6) is -1.12. The van der Waals surface area contributed by atoms with E-state index >= 15 is 0 Å². The fourth-order valence-electron chi connectivity index (χ4n) is 2.55. The molecular formula is C15H16N2O3S. The summed E-state index contributed by atoms with van der Waals surface area (Å²) < 4.78 is 0. The van der Waals surface area contributed by atoms with E-state index in [-0.39, 0.29) is 11.7 Å². The molecule has 0 unspecified atom stereocenters. The topological polar surface area (TPSA) is 90.2 Å². The lowest BCUT2D eigenvalue weighted by atomic mass is 9.97. The second-order valence-corrected chi connectivity index (χ2v) is 6.01. The number of nitrogens with one attached hydrogen (secondary N) is 1. The van der Waals surface area contributed by atoms with Crippen LogP contribution in [0.5, 0.6) is 0 Å². The van der Waals surface area contributed by atoms with E-state index in [1.807, 2.05) is 6.07 Å². The van der Waals surface area contributed by atoms with Crippen LogP contribution in [0.25, 0.3) is 0 Å². The van der Waals surface area contributed by atoms with Gasteiger partial charge in [-0.3, -0.25) is 4.79 Å². The van der Waals surface area contributed by atoms with Gasteiger partial charge in [0.1, 0.15) is 5.54 Å². The van der Waals surface area contributed by atoms with E-state index in [9.17, 15) is 14.7 Å². The van der Waals surface area contributed by atoms with Gasteiger partial charge in [-0.25, -0.2) is 4.79 Å². The number of rotatable bonds is 5. The Labute approximate surface area is 127 Å². The Morgan fingerprint density at radius 2 is 2.00 bits per heavy atom. The average Bonchev–Trinajstić information content (AvgIpc) is 2.95. The van der Waals surface area contributed by atoms with E-state index in [0.29, 0.717) is 23.3 Å². The molecule has 0 saturated heterocycles. The van der Waals surface area contributed by atoms with E-state index in [2.05, 4.69) is 5.32 Å². The van der Waals surface area contributed by atoms with Gasteiger partial charge >= 0.3 is 5.97 Å². The molecule has 6 heteroatoms. The van der Waals surface area contributed by atoms with Crippen LogP contribution in [0.4, 0.5) is 0 Å². The van der Waals surface area contributed by atoms with Crippen molar-refractivity contribution in [1.29, 1.82) is 5.26 Å². The maximum atomic E-state index is 12.4. The molecule has 21 heavy (non-hydrogen) atoms. The fraction of sp³-hybridized carbons (Fsp3) is 0.400. The molecule has 0 bridgehead atoms. The zero-order valence-electron chi connectivity index (χ0n) is 11.5. The van der Waals surface area contributed by atoms with Gasteiger partial charge in [-0.1, -0.05) is 25.0 Å². The van der Waals surface area contributed by atoms with Gasteiger partial charge in [0.25, 0.3) is 5.91 Å². The van der Waals surface area contributed by atoms with E-state index in [0.717, 1.165) is 12.8 Å². The highest BCUT2D eigenvalue weighted by molar-refractivity contribution is 7.99. The van der Waals surface area contributed by atoms with Gasteiger partial charge in [0, 0.05) is 4.90 Å². The van der Waals surface area contributed by atoms with Crippen molar-refractivity contribution in [2.24, 2.45) is 0 Å². The van der Waals surface area contributed by atoms with Gasteiger partial charge in [-0.2, -0.15) is 5.26 Å². The first-order valence-electron chi connectivity index (χ1n) is 6.74. The van der Waals surface area contributed by atoms with Crippen LogP contribution < -0.4 is 5.32 Å². The van der Waals surface area contributed by atoms with E-state index < -0.39 is 11.5 Å². The molecule has 1 aromatic carbocycles. The van der Waals surface area contributed by atoms with Crippen LogP contribution in [0, 0.1) is 11.3 Å². The summed E-state index contributed by atoms with van der Waals surface area (Å²) in [5, 5.41) is 20.7. The van der Waals surface area contributed by atoms with Gasteiger partial charge in [-0.05, 0) is 25.0 Å². The number of hydrogen-bond acceptors (Lipinski definition) is 4. The molecule has 0 atom stereocenters. The van der Waals surface area contributed by atoms with Crippen molar-refractivity contribution >= 4 is 23.6 Å². The molecule has 0 aliphatic heterocycles. The number of hydrogen-bond donors (Lipinski definition) is 2. The lowest BCUT2D eigenvalue weighted by Crippen LogP contribution is -2.52. The molecule has 110 valence electrons. The maximum Gasteiger partial charge on any atom is 0.329 e. The number of carbonyl (C=O) groups is 2. The average molecular weight is 304 g/mol. The van der Waals surface area contributed by atoms with E-state index in [1.165, 1.54) is 11.8 Å². The van der Waals surface area contributed by atoms with E-state index in [1.54, 1.807) is 24.3 Å². The number of carboxylic acid groups (broad SMARTS) is 1. The minimum atomic E-state index is -1.15. The molecule has 5 nitrogen and oxygen atoms in total. The Hall–Kier alpha value is -2.00. The van der Waals surface area contributed by atoms with Crippen molar-refractivity contribution in [2.45, 2.75) is 36.1 Å². The third-order valence-electron chi connectivity index (χ3n) is 3.64. The first kappa shape index (κ1) is 15.4. The van der Waals surface area contributed by atoms with Crippen LogP contribution in [0.3, 0.4) is 0 Å². The first-order valence-corrected chi connectivity index (χ1v) is 7.72. The van der Waals surface area contributed by atoms with Gasteiger partial charge in [-0.15, -0.1) is 11.8 Å². The number of benzene rings is 1. The SMILES string of the molecule is N#CCSc1ccccc1C(=O)NC1(C(=O)O)CCCC1. The molecule has 1 aromatic rings. The number of nitriles is 1. The summed E-state index contributed by atoms with van der Waals surface area (Å²) in [6.07, 6.45) is 2.53. The third-order valence-corrected chi connectivity index (χ3v) is 4.58. The summed E-state index contributed by atoms with van der Waals surface area (Å²) in [5.41, 5.74) is -0.727. The number of carboxylic acids is 1. The van der Waals surface area contributed by atoms with Crippen molar-refractivity contribution in [1.82, 2.24) is 5.32 Å². The molecule has 0 spiro atoms. The number of nitrogens with zero attached hydrogens (tertiary/aromatic N) is 1. The molecule has 1 fully saturated rings. The van der Waals surface area contributed by atoms with Gasteiger partial charge in [0.15, 0.2) is 0 Å². The lowest BCUT2D eigenvalue weighted by Gasteiger charge is -2.25. The summed E-state index contributed by atoms with van der Waals surface area (Å²) >= 11 is 1.27. The van der Waals surface area contributed by atoms with E-state index in [4.69, 9.17) is 5.26 Å². The number of aliphatic carboxylic acids is 1. The first-order chi connectivity index (χ1) is 10.1. The van der Waals surface area contributed by atoms with Crippen LogP contribution in [0.1, 0.15) is 36.0 Å². The lowest BCUT2D eigenvalue weighted by molar-refractivity contribution is -0.144. The largest absolute Gasteiger partial charge is 0.480 e. The molecule has 1 aliphatic carbocycles. The highest BCUT2D eigenvalue weighted by Gasteiger charge is 2.42. The smallest absolute Gasteiger partial charge is 0.329 e. The normalized spacial score (nSPS) is 16.1. The molecule has 1 aliphatic rings. The highest BCUT2D eigenvalue weighted by Crippen LogP contribution is 2.31. The predicted octanol–water partition coefficient (Wildman–Crippen LogP) is 2.43. The molecule has 2 N–H and O–H groups in total. The molecule has 0 radical (unpaired) electrons. The third kappa shape index (κ3) is 3.37. The Balaban J connectivity index is 2.20. The summed E-state index contributed by atoms with van der Waals surface area (Å²) in [6, 6.07) is 8.95. The highest BCUT2D eigenvalue weighted by atomic mass is 32.2. The van der Waals surface area contributed by atoms with Crippen molar-refractivity contribution in [3.05, 3.63) is 29.8 Å². The Morgan fingerprint density at radius 3 is 2.62 bits per heavy atom. The molecular weight excluding hydrogens is 288 g/mol. The van der Waals surface area contributed by atoms with Crippen molar-refractivity contribution < 1.29 is 14.7 Å².